The number of hydrogen-bond donors (Lipinski definition) is 1. The Hall–Kier alpha value is -1.30. The van der Waals surface area contributed by atoms with Gasteiger partial charge in [-0.25, -0.2) is 4.79 Å². The highest BCUT2D eigenvalue weighted by molar-refractivity contribution is 5.87. The molecular weight excluding hydrogens is 258 g/mol. The van der Waals surface area contributed by atoms with Gasteiger partial charge in [-0.3, -0.25) is 9.69 Å². The molecular formula is C14H25N3O3. The lowest BCUT2D eigenvalue weighted by molar-refractivity contribution is -0.127. The minimum absolute atomic E-state index is 0.00770. The summed E-state index contributed by atoms with van der Waals surface area (Å²) in [6, 6.07) is -0.127. The van der Waals surface area contributed by atoms with Crippen LogP contribution in [-0.2, 0) is 9.53 Å². The number of rotatable bonds is 5. The van der Waals surface area contributed by atoms with E-state index in [1.165, 1.54) is 19.3 Å². The first-order valence-corrected chi connectivity index (χ1v) is 7.39. The van der Waals surface area contributed by atoms with Gasteiger partial charge in [-0.15, -0.1) is 0 Å². The average molecular weight is 283 g/mol. The lowest BCUT2D eigenvalue weighted by atomic mass is 10.1. The van der Waals surface area contributed by atoms with Crippen molar-refractivity contribution in [1.29, 1.82) is 0 Å². The number of methoxy groups -OCH3 is 1. The Labute approximate surface area is 120 Å². The zero-order valence-electron chi connectivity index (χ0n) is 12.4. The molecule has 20 heavy (non-hydrogen) atoms. The van der Waals surface area contributed by atoms with E-state index >= 15 is 0 Å². The molecule has 1 heterocycles. The van der Waals surface area contributed by atoms with Crippen LogP contribution in [0.4, 0.5) is 4.79 Å². The average Bonchev–Trinajstić information content (AvgIpc) is 3.00. The summed E-state index contributed by atoms with van der Waals surface area (Å²) in [5, 5.41) is 2.96. The topological polar surface area (TPSA) is 61.9 Å². The maximum atomic E-state index is 12.1. The van der Waals surface area contributed by atoms with Crippen molar-refractivity contribution in [1.82, 2.24) is 15.1 Å². The lowest BCUT2D eigenvalue weighted by Crippen LogP contribution is -2.41. The lowest BCUT2D eigenvalue weighted by Gasteiger charge is -2.19. The number of ether oxygens (including phenoxy) is 1. The van der Waals surface area contributed by atoms with Crippen LogP contribution in [-0.4, -0.2) is 61.8 Å². The van der Waals surface area contributed by atoms with Crippen LogP contribution < -0.4 is 5.32 Å². The summed E-state index contributed by atoms with van der Waals surface area (Å²) >= 11 is 0. The van der Waals surface area contributed by atoms with E-state index in [1.54, 1.807) is 16.9 Å². The molecule has 0 aromatic heterocycles. The molecule has 0 spiro atoms. The minimum atomic E-state index is -0.127. The van der Waals surface area contributed by atoms with E-state index in [9.17, 15) is 9.59 Å². The number of nitrogens with one attached hydrogen (secondary N) is 1. The van der Waals surface area contributed by atoms with Gasteiger partial charge in [0.25, 0.3) is 0 Å². The summed E-state index contributed by atoms with van der Waals surface area (Å²) in [5.74, 6) is 1.36. The molecule has 114 valence electrons. The number of carbonyl (C=O) groups excluding carboxylic acids is 2. The minimum Gasteiger partial charge on any atom is -0.383 e. The molecule has 2 fully saturated rings. The van der Waals surface area contributed by atoms with Crippen molar-refractivity contribution in [3.8, 4) is 0 Å². The third-order valence-electron chi connectivity index (χ3n) is 4.22. The van der Waals surface area contributed by atoms with E-state index in [0.717, 1.165) is 12.5 Å². The SMILES string of the molecule is COCCN1CN(C(=O)NCC2CCC(C)C2)CC1=O. The fourth-order valence-corrected chi connectivity index (χ4v) is 2.98. The number of amides is 3. The van der Waals surface area contributed by atoms with Crippen LogP contribution in [0, 0.1) is 11.8 Å². The summed E-state index contributed by atoms with van der Waals surface area (Å²) in [6.07, 6.45) is 3.65. The standard InChI is InChI=1S/C14H25N3O3/c1-11-3-4-12(7-11)8-15-14(19)17-9-13(18)16(10-17)5-6-20-2/h11-12H,3-10H2,1-2H3,(H,15,19). The van der Waals surface area contributed by atoms with E-state index < -0.39 is 0 Å². The zero-order valence-corrected chi connectivity index (χ0v) is 12.4. The highest BCUT2D eigenvalue weighted by Gasteiger charge is 2.31. The van der Waals surface area contributed by atoms with Gasteiger partial charge in [-0.05, 0) is 24.7 Å². The van der Waals surface area contributed by atoms with Gasteiger partial charge in [0, 0.05) is 20.2 Å². The molecule has 1 aliphatic heterocycles. The van der Waals surface area contributed by atoms with E-state index in [4.69, 9.17) is 4.74 Å². The Morgan fingerprint density at radius 1 is 1.45 bits per heavy atom. The molecule has 6 heteroatoms. The van der Waals surface area contributed by atoms with Gasteiger partial charge in [0.05, 0.1) is 13.3 Å². The van der Waals surface area contributed by atoms with Crippen molar-refractivity contribution in [2.24, 2.45) is 11.8 Å². The van der Waals surface area contributed by atoms with Crippen molar-refractivity contribution in [3.05, 3.63) is 0 Å². The normalized spacial score (nSPS) is 26.4. The molecule has 0 bridgehead atoms. The van der Waals surface area contributed by atoms with Crippen LogP contribution in [0.3, 0.4) is 0 Å². The molecule has 0 aromatic rings. The van der Waals surface area contributed by atoms with Crippen molar-refractivity contribution in [2.75, 3.05) is 40.0 Å². The fourth-order valence-electron chi connectivity index (χ4n) is 2.98. The number of hydrogen-bond acceptors (Lipinski definition) is 3. The first kappa shape index (κ1) is 15.1. The monoisotopic (exact) mass is 283 g/mol. The number of urea groups is 1. The second-order valence-electron chi connectivity index (χ2n) is 5.96. The third-order valence-corrected chi connectivity index (χ3v) is 4.22. The Bertz CT molecular complexity index is 362. The molecule has 2 rings (SSSR count). The van der Waals surface area contributed by atoms with E-state index in [0.29, 0.717) is 25.7 Å². The van der Waals surface area contributed by atoms with Crippen molar-refractivity contribution >= 4 is 11.9 Å². The number of nitrogens with zero attached hydrogens (tertiary/aromatic N) is 2. The summed E-state index contributed by atoms with van der Waals surface area (Å²) in [6.45, 7) is 4.58. The highest BCUT2D eigenvalue weighted by atomic mass is 16.5. The zero-order chi connectivity index (χ0) is 14.5. The molecule has 0 aromatic carbocycles. The van der Waals surface area contributed by atoms with Gasteiger partial charge in [-0.1, -0.05) is 13.3 Å². The van der Waals surface area contributed by atoms with Crippen LogP contribution >= 0.6 is 0 Å². The maximum absolute atomic E-state index is 12.1. The first-order chi connectivity index (χ1) is 9.60. The van der Waals surface area contributed by atoms with Crippen LogP contribution in [0.5, 0.6) is 0 Å². The van der Waals surface area contributed by atoms with Gasteiger partial charge in [0.1, 0.15) is 6.54 Å². The van der Waals surface area contributed by atoms with Gasteiger partial charge in [-0.2, -0.15) is 0 Å². The van der Waals surface area contributed by atoms with Gasteiger partial charge in [0.2, 0.25) is 5.91 Å². The van der Waals surface area contributed by atoms with E-state index in [1.807, 2.05) is 0 Å². The van der Waals surface area contributed by atoms with Crippen LogP contribution in [0.2, 0.25) is 0 Å². The number of carbonyl (C=O) groups is 2. The predicted molar refractivity (Wildman–Crippen MR) is 75.1 cm³/mol. The van der Waals surface area contributed by atoms with Crippen LogP contribution in [0.25, 0.3) is 0 Å². The smallest absolute Gasteiger partial charge is 0.319 e. The molecule has 2 atom stereocenters. The quantitative estimate of drug-likeness (QED) is 0.815. The van der Waals surface area contributed by atoms with Crippen molar-refractivity contribution < 1.29 is 14.3 Å². The van der Waals surface area contributed by atoms with Crippen LogP contribution in [0.1, 0.15) is 26.2 Å². The molecule has 3 amide bonds. The third kappa shape index (κ3) is 3.85. The molecule has 1 saturated carbocycles. The summed E-state index contributed by atoms with van der Waals surface area (Å²) in [7, 11) is 1.60. The summed E-state index contributed by atoms with van der Waals surface area (Å²) in [4.78, 5) is 27.0. The Kier molecular flexibility index (Phi) is 5.23. The molecule has 1 aliphatic carbocycles. The Morgan fingerprint density at radius 2 is 2.25 bits per heavy atom. The Morgan fingerprint density at radius 3 is 2.90 bits per heavy atom. The van der Waals surface area contributed by atoms with E-state index in [-0.39, 0.29) is 18.5 Å². The van der Waals surface area contributed by atoms with E-state index in [2.05, 4.69) is 12.2 Å². The highest BCUT2D eigenvalue weighted by Crippen LogP contribution is 2.29. The molecule has 1 saturated heterocycles. The second kappa shape index (κ2) is 6.92. The van der Waals surface area contributed by atoms with Gasteiger partial charge >= 0.3 is 6.03 Å². The van der Waals surface area contributed by atoms with Gasteiger partial charge in [0.15, 0.2) is 0 Å². The van der Waals surface area contributed by atoms with Gasteiger partial charge < -0.3 is 15.0 Å². The van der Waals surface area contributed by atoms with Crippen molar-refractivity contribution in [3.63, 3.8) is 0 Å². The fraction of sp³-hybridized carbons (Fsp3) is 0.857. The molecule has 2 aliphatic rings. The Balaban J connectivity index is 1.72. The van der Waals surface area contributed by atoms with Crippen molar-refractivity contribution in [2.45, 2.75) is 26.2 Å². The predicted octanol–water partition coefficient (Wildman–Crippen LogP) is 0.880. The summed E-state index contributed by atoms with van der Waals surface area (Å²) < 4.78 is 4.96. The largest absolute Gasteiger partial charge is 0.383 e. The maximum Gasteiger partial charge on any atom is 0.319 e. The first-order valence-electron chi connectivity index (χ1n) is 7.39. The molecule has 6 nitrogen and oxygen atoms in total. The molecule has 0 radical (unpaired) electrons. The molecule has 2 unspecified atom stereocenters. The van der Waals surface area contributed by atoms with Crippen LogP contribution in [0.15, 0.2) is 0 Å². The second-order valence-corrected chi connectivity index (χ2v) is 5.96. The molecule has 1 N–H and O–H groups in total. The summed E-state index contributed by atoms with van der Waals surface area (Å²) in [5.41, 5.74) is 0.